The minimum Gasteiger partial charge on any atom is -0.289 e. The Balaban J connectivity index is 3.10. The molecule has 0 spiro atoms. The van der Waals surface area contributed by atoms with Crippen LogP contribution in [0, 0.1) is 0 Å². The van der Waals surface area contributed by atoms with E-state index in [-0.39, 0.29) is 23.3 Å². The number of aromatic nitrogens is 2. The summed E-state index contributed by atoms with van der Waals surface area (Å²) in [5.41, 5.74) is 0.280. The van der Waals surface area contributed by atoms with E-state index in [1.807, 2.05) is 6.92 Å². The van der Waals surface area contributed by atoms with Gasteiger partial charge in [-0.15, -0.1) is 0 Å². The number of nitrogens with one attached hydrogen (secondary N) is 1. The Kier molecular flexibility index (Phi) is 2.95. The highest BCUT2D eigenvalue weighted by molar-refractivity contribution is 5.98. The van der Waals surface area contributed by atoms with Crippen molar-refractivity contribution < 1.29 is 18.8 Å². The molecular weight excluding hydrogens is 186 g/mol. The Hall–Kier alpha value is -1.72. The highest BCUT2D eigenvalue weighted by Crippen LogP contribution is 2.10. The Morgan fingerprint density at radius 1 is 1.50 bits per heavy atom. The molecule has 14 heavy (non-hydrogen) atoms. The molecule has 1 amide bonds. The molecule has 0 saturated heterocycles. The molecule has 6 nitrogen and oxygen atoms in total. The minimum absolute atomic E-state index is 0.104. The van der Waals surface area contributed by atoms with E-state index in [0.717, 1.165) is 0 Å². The van der Waals surface area contributed by atoms with Gasteiger partial charge < -0.3 is 0 Å². The molecule has 0 aliphatic heterocycles. The molecule has 76 valence electrons. The molecule has 0 aromatic carbocycles. The number of Topliss-reactive ketones (excluding diaryl/α,β-unsaturated/α-hetero) is 1. The second-order valence-corrected chi connectivity index (χ2v) is 2.80. The standard InChI is InChI=1S/C8H11N3O3/c1-4-11-7(5(2)12)8(14-10-11)9-6(3)13/h4H2,1-3H3/p+1. The SMILES string of the molecule is CC[n+]1noc(NC(C)=O)c1C(C)=O. The molecule has 1 heterocycles. The van der Waals surface area contributed by atoms with Crippen LogP contribution in [0.3, 0.4) is 0 Å². The third-order valence-corrected chi connectivity index (χ3v) is 1.63. The van der Waals surface area contributed by atoms with E-state index < -0.39 is 0 Å². The zero-order valence-corrected chi connectivity index (χ0v) is 8.33. The van der Waals surface area contributed by atoms with Gasteiger partial charge in [-0.3, -0.25) is 19.4 Å². The Morgan fingerprint density at radius 2 is 2.14 bits per heavy atom. The van der Waals surface area contributed by atoms with Gasteiger partial charge in [-0.1, -0.05) is 0 Å². The number of aryl methyl sites for hydroxylation is 1. The molecule has 0 aliphatic rings. The Labute approximate surface area is 80.9 Å². The first-order chi connectivity index (χ1) is 6.56. The second kappa shape index (κ2) is 3.99. The van der Waals surface area contributed by atoms with E-state index in [9.17, 15) is 9.59 Å². The first kappa shape index (κ1) is 10.4. The van der Waals surface area contributed by atoms with Crippen LogP contribution >= 0.6 is 0 Å². The predicted molar refractivity (Wildman–Crippen MR) is 46.7 cm³/mol. The third kappa shape index (κ3) is 1.95. The van der Waals surface area contributed by atoms with Crippen LogP contribution in [-0.2, 0) is 11.3 Å². The summed E-state index contributed by atoms with van der Waals surface area (Å²) in [4.78, 5) is 22.0. The minimum atomic E-state index is -0.299. The molecule has 0 atom stereocenters. The molecular formula is C8H12N3O3+. The van der Waals surface area contributed by atoms with Crippen LogP contribution in [0.25, 0.3) is 0 Å². The summed E-state index contributed by atoms with van der Waals surface area (Å²) < 4.78 is 6.22. The van der Waals surface area contributed by atoms with Crippen molar-refractivity contribution in [3.8, 4) is 0 Å². The zero-order chi connectivity index (χ0) is 10.7. The van der Waals surface area contributed by atoms with Gasteiger partial charge in [0.15, 0.2) is 6.54 Å². The van der Waals surface area contributed by atoms with Crippen LogP contribution in [0.5, 0.6) is 0 Å². The highest BCUT2D eigenvalue weighted by atomic mass is 16.5. The van der Waals surface area contributed by atoms with Crippen molar-refractivity contribution in [2.24, 2.45) is 0 Å². The van der Waals surface area contributed by atoms with E-state index in [1.165, 1.54) is 18.5 Å². The number of ketones is 1. The van der Waals surface area contributed by atoms with Crippen molar-refractivity contribution in [2.75, 3.05) is 5.32 Å². The van der Waals surface area contributed by atoms with Crippen LogP contribution < -0.4 is 10.00 Å². The molecule has 0 saturated carbocycles. The summed E-state index contributed by atoms with van der Waals surface area (Å²) >= 11 is 0. The van der Waals surface area contributed by atoms with Gasteiger partial charge in [-0.2, -0.15) is 0 Å². The van der Waals surface area contributed by atoms with Gasteiger partial charge in [0.05, 0.1) is 0 Å². The molecule has 0 unspecified atom stereocenters. The number of anilines is 1. The van der Waals surface area contributed by atoms with Gasteiger partial charge in [0.2, 0.25) is 17.0 Å². The van der Waals surface area contributed by atoms with Crippen molar-refractivity contribution in [1.29, 1.82) is 0 Å². The smallest absolute Gasteiger partial charge is 0.289 e. The fourth-order valence-electron chi connectivity index (χ4n) is 1.09. The van der Waals surface area contributed by atoms with E-state index in [0.29, 0.717) is 6.54 Å². The molecule has 0 fully saturated rings. The fraction of sp³-hybridized carbons (Fsp3) is 0.500. The number of hydrogen-bond acceptors (Lipinski definition) is 4. The highest BCUT2D eigenvalue weighted by Gasteiger charge is 2.28. The van der Waals surface area contributed by atoms with Crippen molar-refractivity contribution in [2.45, 2.75) is 27.3 Å². The number of nitrogens with zero attached hydrogens (tertiary/aromatic N) is 2. The molecule has 6 heteroatoms. The lowest BCUT2D eigenvalue weighted by molar-refractivity contribution is -0.760. The van der Waals surface area contributed by atoms with Gasteiger partial charge >= 0.3 is 11.6 Å². The van der Waals surface area contributed by atoms with Crippen LogP contribution in [0.1, 0.15) is 31.3 Å². The number of rotatable bonds is 3. The van der Waals surface area contributed by atoms with Crippen LogP contribution in [-0.4, -0.2) is 17.0 Å². The summed E-state index contributed by atoms with van der Waals surface area (Å²) in [6, 6.07) is 0. The van der Waals surface area contributed by atoms with Crippen LogP contribution in [0.2, 0.25) is 0 Å². The van der Waals surface area contributed by atoms with Crippen molar-refractivity contribution >= 4 is 17.6 Å². The molecule has 1 aromatic heterocycles. The monoisotopic (exact) mass is 198 g/mol. The summed E-state index contributed by atoms with van der Waals surface area (Å²) in [6.07, 6.45) is 0. The number of carbonyl (C=O) groups excluding carboxylic acids is 2. The molecule has 0 radical (unpaired) electrons. The van der Waals surface area contributed by atoms with Crippen molar-refractivity contribution in [3.05, 3.63) is 5.69 Å². The van der Waals surface area contributed by atoms with E-state index in [1.54, 1.807) is 0 Å². The van der Waals surface area contributed by atoms with E-state index in [4.69, 9.17) is 4.52 Å². The maximum Gasteiger partial charge on any atom is 0.340 e. The lowest BCUT2D eigenvalue weighted by Gasteiger charge is -1.92. The largest absolute Gasteiger partial charge is 0.340 e. The third-order valence-electron chi connectivity index (χ3n) is 1.63. The first-order valence-electron chi connectivity index (χ1n) is 4.24. The van der Waals surface area contributed by atoms with Gasteiger partial charge in [0.1, 0.15) is 0 Å². The summed E-state index contributed by atoms with van der Waals surface area (Å²) in [5, 5.41) is 6.01. The summed E-state index contributed by atoms with van der Waals surface area (Å²) in [6.45, 7) is 5.07. The van der Waals surface area contributed by atoms with Crippen molar-refractivity contribution in [1.82, 2.24) is 5.27 Å². The van der Waals surface area contributed by atoms with Crippen LogP contribution in [0.15, 0.2) is 4.52 Å². The van der Waals surface area contributed by atoms with Gasteiger partial charge in [0, 0.05) is 13.8 Å². The lowest BCUT2D eigenvalue weighted by atomic mass is 10.3. The van der Waals surface area contributed by atoms with Gasteiger partial charge in [0.25, 0.3) is 0 Å². The Morgan fingerprint density at radius 3 is 2.57 bits per heavy atom. The van der Waals surface area contributed by atoms with Gasteiger partial charge in [-0.05, 0) is 11.6 Å². The molecule has 0 aliphatic carbocycles. The zero-order valence-electron chi connectivity index (χ0n) is 8.33. The average molecular weight is 198 g/mol. The second-order valence-electron chi connectivity index (χ2n) is 2.80. The predicted octanol–water partition coefficient (Wildman–Crippen LogP) is 0.143. The van der Waals surface area contributed by atoms with E-state index >= 15 is 0 Å². The quantitative estimate of drug-likeness (QED) is 0.553. The Bertz CT molecular complexity index is 370. The van der Waals surface area contributed by atoms with Gasteiger partial charge in [-0.25, -0.2) is 0 Å². The maximum atomic E-state index is 11.2. The summed E-state index contributed by atoms with van der Waals surface area (Å²) in [7, 11) is 0. The lowest BCUT2D eigenvalue weighted by Crippen LogP contribution is -2.40. The fourth-order valence-corrected chi connectivity index (χ4v) is 1.09. The topological polar surface area (TPSA) is 76.1 Å². The number of amides is 1. The van der Waals surface area contributed by atoms with Crippen LogP contribution in [0.4, 0.5) is 5.88 Å². The summed E-state index contributed by atoms with van der Waals surface area (Å²) in [5.74, 6) is -0.393. The maximum absolute atomic E-state index is 11.2. The van der Waals surface area contributed by atoms with E-state index in [2.05, 4.69) is 10.6 Å². The molecule has 0 bridgehead atoms. The number of carbonyl (C=O) groups is 2. The van der Waals surface area contributed by atoms with Crippen molar-refractivity contribution in [3.63, 3.8) is 0 Å². The molecule has 1 N–H and O–H groups in total. The molecule has 1 rings (SSSR count). The number of hydrogen-bond donors (Lipinski definition) is 1. The first-order valence-corrected chi connectivity index (χ1v) is 4.24. The average Bonchev–Trinajstić information content (AvgIpc) is 2.46. The molecule has 1 aromatic rings. The normalized spacial score (nSPS) is 9.93.